The van der Waals surface area contributed by atoms with E-state index in [1.807, 2.05) is 0 Å². The van der Waals surface area contributed by atoms with Crippen LogP contribution < -0.4 is 5.32 Å². The van der Waals surface area contributed by atoms with Crippen LogP contribution in [0.4, 0.5) is 5.69 Å². The zero-order valence-electron chi connectivity index (χ0n) is 9.49. The largest absolute Gasteiger partial charge is 0.385 e. The van der Waals surface area contributed by atoms with Gasteiger partial charge in [-0.15, -0.1) is 0 Å². The molecule has 1 unspecified atom stereocenters. The summed E-state index contributed by atoms with van der Waals surface area (Å²) in [5.74, 6) is 0.528. The van der Waals surface area contributed by atoms with Gasteiger partial charge in [-0.3, -0.25) is 0 Å². The van der Waals surface area contributed by atoms with Crippen molar-refractivity contribution in [2.45, 2.75) is 12.3 Å². The minimum atomic E-state index is 0.528. The predicted octanol–water partition coefficient (Wildman–Crippen LogP) is 4.40. The van der Waals surface area contributed by atoms with Crippen LogP contribution in [0.2, 0.25) is 0 Å². The number of benzene rings is 2. The van der Waals surface area contributed by atoms with Crippen LogP contribution >= 0.6 is 15.9 Å². The van der Waals surface area contributed by atoms with Gasteiger partial charge in [0.05, 0.1) is 0 Å². The van der Waals surface area contributed by atoms with Crippen LogP contribution in [-0.4, -0.2) is 6.54 Å². The predicted molar refractivity (Wildman–Crippen MR) is 75.5 cm³/mol. The molecule has 1 aliphatic heterocycles. The first-order chi connectivity index (χ1) is 8.34. The molecule has 1 N–H and O–H groups in total. The molecule has 0 bridgehead atoms. The second-order valence-electron chi connectivity index (χ2n) is 4.41. The molecular formula is C15H14BrN. The molecule has 17 heavy (non-hydrogen) atoms. The van der Waals surface area contributed by atoms with E-state index in [9.17, 15) is 0 Å². The third-order valence-corrected chi connectivity index (χ3v) is 3.83. The van der Waals surface area contributed by atoms with E-state index in [2.05, 4.69) is 69.8 Å². The first-order valence-corrected chi connectivity index (χ1v) is 6.72. The van der Waals surface area contributed by atoms with Crippen LogP contribution in [0, 0.1) is 0 Å². The summed E-state index contributed by atoms with van der Waals surface area (Å²) in [4.78, 5) is 0. The quantitative estimate of drug-likeness (QED) is 0.820. The van der Waals surface area contributed by atoms with Crippen LogP contribution in [0.25, 0.3) is 0 Å². The molecule has 86 valence electrons. The molecule has 1 atom stereocenters. The Morgan fingerprint density at radius 2 is 1.88 bits per heavy atom. The molecule has 0 aromatic heterocycles. The van der Waals surface area contributed by atoms with Gasteiger partial charge >= 0.3 is 0 Å². The SMILES string of the molecule is Brc1ccc2c(c1)NCCC2c1ccccc1. The zero-order chi connectivity index (χ0) is 11.7. The van der Waals surface area contributed by atoms with E-state index in [-0.39, 0.29) is 0 Å². The normalized spacial score (nSPS) is 18.3. The summed E-state index contributed by atoms with van der Waals surface area (Å²) in [6, 6.07) is 17.3. The van der Waals surface area contributed by atoms with Crippen LogP contribution in [-0.2, 0) is 0 Å². The Morgan fingerprint density at radius 1 is 1.06 bits per heavy atom. The summed E-state index contributed by atoms with van der Waals surface area (Å²) in [5.41, 5.74) is 4.09. The van der Waals surface area contributed by atoms with Gasteiger partial charge in [-0.05, 0) is 29.7 Å². The second-order valence-corrected chi connectivity index (χ2v) is 5.33. The minimum absolute atomic E-state index is 0.528. The third kappa shape index (κ3) is 2.09. The Morgan fingerprint density at radius 3 is 2.71 bits per heavy atom. The van der Waals surface area contributed by atoms with Crippen molar-refractivity contribution in [3.63, 3.8) is 0 Å². The second kappa shape index (κ2) is 4.53. The first-order valence-electron chi connectivity index (χ1n) is 5.93. The van der Waals surface area contributed by atoms with Crippen molar-refractivity contribution in [3.05, 3.63) is 64.1 Å². The smallest absolute Gasteiger partial charge is 0.0390 e. The highest BCUT2D eigenvalue weighted by molar-refractivity contribution is 9.10. The highest BCUT2D eigenvalue weighted by atomic mass is 79.9. The number of fused-ring (bicyclic) bond motifs is 1. The van der Waals surface area contributed by atoms with Crippen molar-refractivity contribution in [2.75, 3.05) is 11.9 Å². The Bertz CT molecular complexity index is 522. The van der Waals surface area contributed by atoms with Gasteiger partial charge in [-0.25, -0.2) is 0 Å². The number of rotatable bonds is 1. The summed E-state index contributed by atoms with van der Waals surface area (Å²) < 4.78 is 1.14. The highest BCUT2D eigenvalue weighted by Crippen LogP contribution is 2.37. The number of anilines is 1. The molecule has 1 nitrogen and oxygen atoms in total. The standard InChI is InChI=1S/C15H14BrN/c16-12-6-7-14-13(8-9-17-15(14)10-12)11-4-2-1-3-5-11/h1-7,10,13,17H,8-9H2. The molecule has 2 heteroatoms. The molecule has 0 saturated carbocycles. The summed E-state index contributed by atoms with van der Waals surface area (Å²) in [6.45, 7) is 1.04. The van der Waals surface area contributed by atoms with Gasteiger partial charge in [-0.2, -0.15) is 0 Å². The summed E-state index contributed by atoms with van der Waals surface area (Å²) in [7, 11) is 0. The van der Waals surface area contributed by atoms with Gasteiger partial charge in [0.15, 0.2) is 0 Å². The lowest BCUT2D eigenvalue weighted by Gasteiger charge is -2.27. The van der Waals surface area contributed by atoms with Crippen molar-refractivity contribution in [3.8, 4) is 0 Å². The summed E-state index contributed by atoms with van der Waals surface area (Å²) in [6.07, 6.45) is 1.17. The topological polar surface area (TPSA) is 12.0 Å². The highest BCUT2D eigenvalue weighted by Gasteiger charge is 2.21. The van der Waals surface area contributed by atoms with E-state index < -0.39 is 0 Å². The molecule has 3 rings (SSSR count). The van der Waals surface area contributed by atoms with E-state index in [4.69, 9.17) is 0 Å². The first kappa shape index (κ1) is 10.8. The fraction of sp³-hybridized carbons (Fsp3) is 0.200. The van der Waals surface area contributed by atoms with Crippen LogP contribution in [0.3, 0.4) is 0 Å². The summed E-state index contributed by atoms with van der Waals surface area (Å²) in [5, 5.41) is 3.47. The molecule has 0 amide bonds. The lowest BCUT2D eigenvalue weighted by molar-refractivity contribution is 0.720. The minimum Gasteiger partial charge on any atom is -0.385 e. The van der Waals surface area contributed by atoms with Gasteiger partial charge in [0.1, 0.15) is 0 Å². The van der Waals surface area contributed by atoms with Crippen molar-refractivity contribution < 1.29 is 0 Å². The Hall–Kier alpha value is -1.28. The lowest BCUT2D eigenvalue weighted by atomic mass is 9.85. The fourth-order valence-corrected chi connectivity index (χ4v) is 2.88. The maximum absolute atomic E-state index is 3.53. The maximum Gasteiger partial charge on any atom is 0.0390 e. The average molecular weight is 288 g/mol. The fourth-order valence-electron chi connectivity index (χ4n) is 2.52. The third-order valence-electron chi connectivity index (χ3n) is 3.34. The Balaban J connectivity index is 2.06. The van der Waals surface area contributed by atoms with Crippen molar-refractivity contribution in [1.29, 1.82) is 0 Å². The molecular weight excluding hydrogens is 274 g/mol. The molecule has 0 aliphatic carbocycles. The van der Waals surface area contributed by atoms with Gasteiger partial charge < -0.3 is 5.32 Å². The number of hydrogen-bond donors (Lipinski definition) is 1. The van der Waals surface area contributed by atoms with E-state index >= 15 is 0 Å². The number of nitrogens with one attached hydrogen (secondary N) is 1. The van der Waals surface area contributed by atoms with Gasteiger partial charge in [-0.1, -0.05) is 52.3 Å². The van der Waals surface area contributed by atoms with Crippen LogP contribution in [0.15, 0.2) is 53.0 Å². The molecule has 0 fully saturated rings. The molecule has 2 aromatic carbocycles. The van der Waals surface area contributed by atoms with E-state index in [1.54, 1.807) is 0 Å². The number of hydrogen-bond acceptors (Lipinski definition) is 1. The lowest BCUT2D eigenvalue weighted by Crippen LogP contribution is -2.17. The van der Waals surface area contributed by atoms with E-state index in [1.165, 1.54) is 23.2 Å². The van der Waals surface area contributed by atoms with E-state index in [0.29, 0.717) is 5.92 Å². The van der Waals surface area contributed by atoms with Gasteiger partial charge in [0, 0.05) is 22.6 Å². The van der Waals surface area contributed by atoms with Crippen molar-refractivity contribution >= 4 is 21.6 Å². The number of halogens is 1. The Labute approximate surface area is 110 Å². The van der Waals surface area contributed by atoms with Crippen LogP contribution in [0.1, 0.15) is 23.5 Å². The van der Waals surface area contributed by atoms with Crippen LogP contribution in [0.5, 0.6) is 0 Å². The van der Waals surface area contributed by atoms with Gasteiger partial charge in [0.2, 0.25) is 0 Å². The molecule has 0 saturated heterocycles. The summed E-state index contributed by atoms with van der Waals surface area (Å²) >= 11 is 3.53. The van der Waals surface area contributed by atoms with Crippen molar-refractivity contribution in [2.24, 2.45) is 0 Å². The zero-order valence-corrected chi connectivity index (χ0v) is 11.1. The molecule has 0 spiro atoms. The molecule has 2 aromatic rings. The monoisotopic (exact) mass is 287 g/mol. The Kier molecular flexibility index (Phi) is 2.89. The average Bonchev–Trinajstić information content (AvgIpc) is 2.39. The van der Waals surface area contributed by atoms with Crippen molar-refractivity contribution in [1.82, 2.24) is 0 Å². The van der Waals surface area contributed by atoms with Gasteiger partial charge in [0.25, 0.3) is 0 Å². The van der Waals surface area contributed by atoms with E-state index in [0.717, 1.165) is 11.0 Å². The molecule has 1 aliphatic rings. The maximum atomic E-state index is 3.53. The molecule has 1 heterocycles. The molecule has 0 radical (unpaired) electrons.